The molecule has 0 aromatic rings. The molecule has 1 amide bonds. The lowest BCUT2D eigenvalue weighted by atomic mass is 10.1. The van der Waals surface area contributed by atoms with Gasteiger partial charge in [-0.2, -0.15) is 0 Å². The van der Waals surface area contributed by atoms with Gasteiger partial charge in [0.05, 0.1) is 12.6 Å². The molecular formula is C5H9NO2. The van der Waals surface area contributed by atoms with Gasteiger partial charge in [-0.1, -0.05) is 0 Å². The van der Waals surface area contributed by atoms with Crippen LogP contribution in [0.15, 0.2) is 0 Å². The van der Waals surface area contributed by atoms with Gasteiger partial charge < -0.3 is 10.0 Å². The maximum atomic E-state index is 9.97. The molecule has 1 fully saturated rings. The van der Waals surface area contributed by atoms with Gasteiger partial charge in [-0.3, -0.25) is 4.79 Å². The van der Waals surface area contributed by atoms with Crippen LogP contribution >= 0.6 is 0 Å². The van der Waals surface area contributed by atoms with E-state index in [9.17, 15) is 4.79 Å². The summed E-state index contributed by atoms with van der Waals surface area (Å²) in [6.07, 6.45) is 1.74. The van der Waals surface area contributed by atoms with Crippen molar-refractivity contribution in [3.63, 3.8) is 0 Å². The van der Waals surface area contributed by atoms with Crippen LogP contribution in [0.4, 0.5) is 0 Å². The highest BCUT2D eigenvalue weighted by Gasteiger charge is 2.24. The Bertz CT molecular complexity index is 92.4. The molecule has 1 heterocycles. The Hall–Kier alpha value is -0.570. The van der Waals surface area contributed by atoms with Crippen molar-refractivity contribution in [3.05, 3.63) is 0 Å². The lowest BCUT2D eigenvalue weighted by Crippen LogP contribution is -2.48. The minimum Gasteiger partial charge on any atom is -0.394 e. The van der Waals surface area contributed by atoms with Gasteiger partial charge in [-0.25, -0.2) is 0 Å². The van der Waals surface area contributed by atoms with Gasteiger partial charge in [0.1, 0.15) is 0 Å². The Morgan fingerprint density at radius 3 is 2.75 bits per heavy atom. The maximum absolute atomic E-state index is 9.97. The monoisotopic (exact) mass is 115 g/mol. The lowest BCUT2D eigenvalue weighted by Gasteiger charge is -2.36. The van der Waals surface area contributed by atoms with Gasteiger partial charge in [-0.05, 0) is 6.42 Å². The van der Waals surface area contributed by atoms with Crippen molar-refractivity contribution in [2.24, 2.45) is 0 Å². The minimum absolute atomic E-state index is 0.110. The molecule has 3 heteroatoms. The molecule has 1 aliphatic rings. The highest BCUT2D eigenvalue weighted by molar-refractivity contribution is 5.49. The van der Waals surface area contributed by atoms with Gasteiger partial charge >= 0.3 is 0 Å². The number of amides is 1. The third kappa shape index (κ3) is 0.690. The van der Waals surface area contributed by atoms with Gasteiger partial charge in [-0.15, -0.1) is 0 Å². The molecule has 0 aromatic carbocycles. The van der Waals surface area contributed by atoms with Crippen LogP contribution in [0.5, 0.6) is 0 Å². The normalized spacial score (nSPS) is 27.1. The second kappa shape index (κ2) is 2.13. The largest absolute Gasteiger partial charge is 0.394 e. The van der Waals surface area contributed by atoms with E-state index in [1.54, 1.807) is 4.90 Å². The third-order valence-corrected chi connectivity index (χ3v) is 1.54. The first kappa shape index (κ1) is 5.56. The standard InChI is InChI=1S/C5H9NO2/c7-3-5-1-2-6(5)4-8/h4-5,7H,1-3H2. The third-order valence-electron chi connectivity index (χ3n) is 1.54. The van der Waals surface area contributed by atoms with Crippen LogP contribution in [0.3, 0.4) is 0 Å². The van der Waals surface area contributed by atoms with Crippen LogP contribution in [0, 0.1) is 0 Å². The molecule has 0 aromatic heterocycles. The lowest BCUT2D eigenvalue weighted by molar-refractivity contribution is -0.126. The molecule has 1 atom stereocenters. The number of aliphatic hydroxyl groups excluding tert-OH is 1. The molecule has 0 radical (unpaired) electrons. The Labute approximate surface area is 47.9 Å². The quantitative estimate of drug-likeness (QED) is 0.479. The second-order valence-corrected chi connectivity index (χ2v) is 1.97. The first-order chi connectivity index (χ1) is 3.88. The number of hydrogen-bond acceptors (Lipinski definition) is 2. The number of likely N-dealkylation sites (tertiary alicyclic amines) is 1. The molecule has 46 valence electrons. The highest BCUT2D eigenvalue weighted by Crippen LogP contribution is 2.12. The minimum atomic E-state index is 0.110. The summed E-state index contributed by atoms with van der Waals surface area (Å²) in [4.78, 5) is 11.6. The molecule has 1 N–H and O–H groups in total. The second-order valence-electron chi connectivity index (χ2n) is 1.97. The molecule has 1 aliphatic heterocycles. The van der Waals surface area contributed by atoms with Gasteiger partial charge in [0.15, 0.2) is 0 Å². The SMILES string of the molecule is O=CN1CCC1CO. The Morgan fingerprint density at radius 2 is 2.62 bits per heavy atom. The maximum Gasteiger partial charge on any atom is 0.210 e. The molecule has 0 aliphatic carbocycles. The molecule has 1 saturated heterocycles. The van der Waals surface area contributed by atoms with E-state index in [-0.39, 0.29) is 12.6 Å². The molecule has 1 unspecified atom stereocenters. The summed E-state index contributed by atoms with van der Waals surface area (Å²) in [6.45, 7) is 0.924. The zero-order valence-electron chi connectivity index (χ0n) is 4.58. The summed E-state index contributed by atoms with van der Waals surface area (Å²) in [5.74, 6) is 0. The summed E-state index contributed by atoms with van der Waals surface area (Å²) in [5.41, 5.74) is 0. The fourth-order valence-electron chi connectivity index (χ4n) is 0.796. The fourth-order valence-corrected chi connectivity index (χ4v) is 0.796. The van der Waals surface area contributed by atoms with E-state index in [1.165, 1.54) is 0 Å². The number of carbonyl (C=O) groups excluding carboxylic acids is 1. The van der Waals surface area contributed by atoms with E-state index >= 15 is 0 Å². The predicted octanol–water partition coefficient (Wildman–Crippen LogP) is -0.791. The zero-order chi connectivity index (χ0) is 5.98. The van der Waals surface area contributed by atoms with E-state index in [2.05, 4.69) is 0 Å². The topological polar surface area (TPSA) is 40.5 Å². The van der Waals surface area contributed by atoms with Crippen LogP contribution in [0.25, 0.3) is 0 Å². The van der Waals surface area contributed by atoms with E-state index in [0.29, 0.717) is 0 Å². The summed E-state index contributed by atoms with van der Waals surface area (Å²) in [5, 5.41) is 8.49. The van der Waals surface area contributed by atoms with Crippen LogP contribution in [-0.2, 0) is 4.79 Å². The van der Waals surface area contributed by atoms with Crippen LogP contribution in [0.2, 0.25) is 0 Å². The molecule has 1 rings (SSSR count). The van der Waals surface area contributed by atoms with Crippen molar-refractivity contribution in [2.45, 2.75) is 12.5 Å². The number of aliphatic hydroxyl groups is 1. The Kier molecular flexibility index (Phi) is 1.48. The first-order valence-electron chi connectivity index (χ1n) is 2.70. The van der Waals surface area contributed by atoms with Crippen LogP contribution in [-0.4, -0.2) is 35.6 Å². The Balaban J connectivity index is 2.26. The van der Waals surface area contributed by atoms with Crippen molar-refractivity contribution in [3.8, 4) is 0 Å². The van der Waals surface area contributed by atoms with Crippen LogP contribution in [0.1, 0.15) is 6.42 Å². The van der Waals surface area contributed by atoms with Crippen molar-refractivity contribution in [1.29, 1.82) is 0 Å². The first-order valence-corrected chi connectivity index (χ1v) is 2.70. The van der Waals surface area contributed by atoms with Crippen LogP contribution < -0.4 is 0 Å². The Morgan fingerprint density at radius 1 is 1.88 bits per heavy atom. The van der Waals surface area contributed by atoms with Gasteiger partial charge in [0, 0.05) is 6.54 Å². The van der Waals surface area contributed by atoms with Crippen molar-refractivity contribution in [1.82, 2.24) is 4.90 Å². The molecular weight excluding hydrogens is 106 g/mol. The van der Waals surface area contributed by atoms with Crippen molar-refractivity contribution < 1.29 is 9.90 Å². The smallest absolute Gasteiger partial charge is 0.210 e. The summed E-state index contributed by atoms with van der Waals surface area (Å²) in [6, 6.07) is 0.118. The molecule has 8 heavy (non-hydrogen) atoms. The summed E-state index contributed by atoms with van der Waals surface area (Å²) >= 11 is 0. The van der Waals surface area contributed by atoms with E-state index in [0.717, 1.165) is 19.4 Å². The van der Waals surface area contributed by atoms with Crippen molar-refractivity contribution >= 4 is 6.41 Å². The van der Waals surface area contributed by atoms with E-state index in [4.69, 9.17) is 5.11 Å². The average molecular weight is 115 g/mol. The van der Waals surface area contributed by atoms with Gasteiger partial charge in [0.2, 0.25) is 6.41 Å². The predicted molar refractivity (Wildman–Crippen MR) is 28.3 cm³/mol. The molecule has 0 spiro atoms. The zero-order valence-corrected chi connectivity index (χ0v) is 4.58. The molecule has 0 bridgehead atoms. The van der Waals surface area contributed by atoms with E-state index < -0.39 is 0 Å². The number of rotatable bonds is 2. The summed E-state index contributed by atoms with van der Waals surface area (Å²) < 4.78 is 0. The molecule has 0 saturated carbocycles. The number of hydrogen-bond donors (Lipinski definition) is 1. The van der Waals surface area contributed by atoms with Crippen molar-refractivity contribution in [2.75, 3.05) is 13.2 Å². The molecule has 3 nitrogen and oxygen atoms in total. The fraction of sp³-hybridized carbons (Fsp3) is 0.800. The van der Waals surface area contributed by atoms with Gasteiger partial charge in [0.25, 0.3) is 0 Å². The number of nitrogens with zero attached hydrogens (tertiary/aromatic N) is 1. The number of carbonyl (C=O) groups is 1. The summed E-state index contributed by atoms with van der Waals surface area (Å²) in [7, 11) is 0. The average Bonchev–Trinajstić information content (AvgIpc) is 1.66. The van der Waals surface area contributed by atoms with E-state index in [1.807, 2.05) is 0 Å². The highest BCUT2D eigenvalue weighted by atomic mass is 16.3.